The smallest absolute Gasteiger partial charge is 0.0697 e. The molecule has 13 heavy (non-hydrogen) atoms. The summed E-state index contributed by atoms with van der Waals surface area (Å²) in [6.07, 6.45) is 1.76. The van der Waals surface area contributed by atoms with Gasteiger partial charge in [0.2, 0.25) is 0 Å². The lowest BCUT2D eigenvalue weighted by atomic mass is 10.1. The van der Waals surface area contributed by atoms with Crippen molar-refractivity contribution in [3.05, 3.63) is 28.9 Å². The number of benzene rings is 1. The number of nitrogens with two attached hydrogens (primary N) is 1. The Morgan fingerprint density at radius 2 is 2.31 bits per heavy atom. The fourth-order valence-corrected chi connectivity index (χ4v) is 1.66. The SMILES string of the molecule is Cn1ncc2c(Cl)cc(CN)cc21. The monoisotopic (exact) mass is 195 g/mol. The van der Waals surface area contributed by atoms with Crippen LogP contribution in [0.2, 0.25) is 5.02 Å². The summed E-state index contributed by atoms with van der Waals surface area (Å²) >= 11 is 6.05. The van der Waals surface area contributed by atoms with Gasteiger partial charge >= 0.3 is 0 Å². The first-order valence-electron chi connectivity index (χ1n) is 4.02. The Labute approximate surface area is 81.1 Å². The van der Waals surface area contributed by atoms with Crippen LogP contribution in [0.1, 0.15) is 5.56 Å². The lowest BCUT2D eigenvalue weighted by Gasteiger charge is -2.00. The molecule has 0 amide bonds. The number of nitrogens with zero attached hydrogens (tertiary/aromatic N) is 2. The maximum atomic E-state index is 6.05. The number of hydrogen-bond donors (Lipinski definition) is 1. The van der Waals surface area contributed by atoms with Crippen molar-refractivity contribution in [2.45, 2.75) is 6.54 Å². The summed E-state index contributed by atoms with van der Waals surface area (Å²) in [5, 5.41) is 5.81. The molecule has 0 unspecified atom stereocenters. The largest absolute Gasteiger partial charge is 0.326 e. The third-order valence-corrected chi connectivity index (χ3v) is 2.42. The number of aromatic nitrogens is 2. The Balaban J connectivity index is 2.80. The van der Waals surface area contributed by atoms with Crippen molar-refractivity contribution in [1.82, 2.24) is 9.78 Å². The van der Waals surface area contributed by atoms with Crippen LogP contribution in [0.4, 0.5) is 0 Å². The Bertz CT molecular complexity index is 447. The average molecular weight is 196 g/mol. The fraction of sp³-hybridized carbons (Fsp3) is 0.222. The Hall–Kier alpha value is -1.06. The van der Waals surface area contributed by atoms with Gasteiger partial charge in [-0.3, -0.25) is 4.68 Å². The van der Waals surface area contributed by atoms with E-state index in [0.717, 1.165) is 16.5 Å². The van der Waals surface area contributed by atoms with Gasteiger partial charge in [-0.15, -0.1) is 0 Å². The molecule has 0 radical (unpaired) electrons. The third-order valence-electron chi connectivity index (χ3n) is 2.11. The maximum Gasteiger partial charge on any atom is 0.0697 e. The highest BCUT2D eigenvalue weighted by molar-refractivity contribution is 6.35. The molecule has 68 valence electrons. The van der Waals surface area contributed by atoms with Gasteiger partial charge in [0, 0.05) is 19.0 Å². The van der Waals surface area contributed by atoms with Crippen LogP contribution >= 0.6 is 11.6 Å². The summed E-state index contributed by atoms with van der Waals surface area (Å²) in [6.45, 7) is 0.501. The minimum absolute atomic E-state index is 0.501. The molecule has 2 aromatic rings. The van der Waals surface area contributed by atoms with E-state index >= 15 is 0 Å². The summed E-state index contributed by atoms with van der Waals surface area (Å²) in [7, 11) is 1.89. The molecular formula is C9H10ClN3. The summed E-state index contributed by atoms with van der Waals surface area (Å²) in [4.78, 5) is 0. The van der Waals surface area contributed by atoms with E-state index in [1.165, 1.54) is 0 Å². The molecule has 0 spiro atoms. The van der Waals surface area contributed by atoms with E-state index in [-0.39, 0.29) is 0 Å². The Kier molecular flexibility index (Phi) is 1.98. The molecule has 0 saturated carbocycles. The molecule has 4 heteroatoms. The van der Waals surface area contributed by atoms with Crippen molar-refractivity contribution in [1.29, 1.82) is 0 Å². The van der Waals surface area contributed by atoms with E-state index in [1.807, 2.05) is 19.2 Å². The van der Waals surface area contributed by atoms with Crippen LogP contribution in [0.15, 0.2) is 18.3 Å². The lowest BCUT2D eigenvalue weighted by Crippen LogP contribution is -1.97. The number of fused-ring (bicyclic) bond motifs is 1. The molecular weight excluding hydrogens is 186 g/mol. The predicted octanol–water partition coefficient (Wildman–Crippen LogP) is 1.69. The van der Waals surface area contributed by atoms with Crippen molar-refractivity contribution in [2.75, 3.05) is 0 Å². The number of halogens is 1. The van der Waals surface area contributed by atoms with Gasteiger partial charge in [0.15, 0.2) is 0 Å². The third kappa shape index (κ3) is 1.30. The standard InChI is InChI=1S/C9H10ClN3/c1-13-9-3-6(4-11)2-8(10)7(9)5-12-13/h2-3,5H,4,11H2,1H3. The van der Waals surface area contributed by atoms with Crippen molar-refractivity contribution in [3.8, 4) is 0 Å². The molecule has 0 saturated heterocycles. The van der Waals surface area contributed by atoms with Crippen molar-refractivity contribution >= 4 is 22.5 Å². The van der Waals surface area contributed by atoms with Crippen LogP contribution in [-0.4, -0.2) is 9.78 Å². The molecule has 0 aliphatic rings. The fourth-order valence-electron chi connectivity index (χ4n) is 1.38. The highest BCUT2D eigenvalue weighted by atomic mass is 35.5. The molecule has 1 aromatic heterocycles. The van der Waals surface area contributed by atoms with Crippen LogP contribution in [0.5, 0.6) is 0 Å². The first-order chi connectivity index (χ1) is 6.22. The quantitative estimate of drug-likeness (QED) is 0.753. The zero-order valence-electron chi connectivity index (χ0n) is 7.29. The molecule has 1 heterocycles. The molecule has 0 bridgehead atoms. The normalized spacial score (nSPS) is 11.0. The highest BCUT2D eigenvalue weighted by Gasteiger charge is 2.04. The van der Waals surface area contributed by atoms with Gasteiger partial charge in [-0.05, 0) is 17.7 Å². The average Bonchev–Trinajstić information content (AvgIpc) is 2.48. The van der Waals surface area contributed by atoms with Gasteiger partial charge < -0.3 is 5.73 Å². The van der Waals surface area contributed by atoms with E-state index in [4.69, 9.17) is 17.3 Å². The summed E-state index contributed by atoms with van der Waals surface area (Å²) in [6, 6.07) is 3.89. The van der Waals surface area contributed by atoms with Gasteiger partial charge in [-0.1, -0.05) is 11.6 Å². The van der Waals surface area contributed by atoms with E-state index in [1.54, 1.807) is 10.9 Å². The van der Waals surface area contributed by atoms with Crippen molar-refractivity contribution in [3.63, 3.8) is 0 Å². The van der Waals surface area contributed by atoms with Crippen LogP contribution in [0.25, 0.3) is 10.9 Å². The molecule has 2 rings (SSSR count). The minimum atomic E-state index is 0.501. The number of aryl methyl sites for hydroxylation is 1. The zero-order chi connectivity index (χ0) is 9.42. The van der Waals surface area contributed by atoms with Crippen LogP contribution in [-0.2, 0) is 13.6 Å². The van der Waals surface area contributed by atoms with E-state index < -0.39 is 0 Å². The predicted molar refractivity (Wildman–Crippen MR) is 53.6 cm³/mol. The molecule has 0 atom stereocenters. The lowest BCUT2D eigenvalue weighted by molar-refractivity contribution is 0.796. The summed E-state index contributed by atoms with van der Waals surface area (Å²) < 4.78 is 1.79. The molecule has 0 fully saturated rings. The van der Waals surface area contributed by atoms with Crippen molar-refractivity contribution in [2.24, 2.45) is 12.8 Å². The molecule has 1 aromatic carbocycles. The van der Waals surface area contributed by atoms with E-state index in [0.29, 0.717) is 11.6 Å². The minimum Gasteiger partial charge on any atom is -0.326 e. The van der Waals surface area contributed by atoms with Gasteiger partial charge in [-0.2, -0.15) is 5.10 Å². The first-order valence-corrected chi connectivity index (χ1v) is 4.40. The highest BCUT2D eigenvalue weighted by Crippen LogP contribution is 2.24. The zero-order valence-corrected chi connectivity index (χ0v) is 8.04. The number of hydrogen-bond acceptors (Lipinski definition) is 2. The van der Waals surface area contributed by atoms with Crippen LogP contribution < -0.4 is 5.73 Å². The summed E-state index contributed by atoms with van der Waals surface area (Å²) in [5.41, 5.74) is 7.59. The van der Waals surface area contributed by atoms with Gasteiger partial charge in [-0.25, -0.2) is 0 Å². The van der Waals surface area contributed by atoms with E-state index in [9.17, 15) is 0 Å². The second-order valence-electron chi connectivity index (χ2n) is 2.98. The second-order valence-corrected chi connectivity index (χ2v) is 3.39. The second kappa shape index (κ2) is 3.01. The van der Waals surface area contributed by atoms with Crippen molar-refractivity contribution < 1.29 is 0 Å². The topological polar surface area (TPSA) is 43.8 Å². The van der Waals surface area contributed by atoms with Gasteiger partial charge in [0.1, 0.15) is 0 Å². The van der Waals surface area contributed by atoms with Gasteiger partial charge in [0.05, 0.1) is 16.7 Å². The van der Waals surface area contributed by atoms with Gasteiger partial charge in [0.25, 0.3) is 0 Å². The summed E-state index contributed by atoms with van der Waals surface area (Å²) in [5.74, 6) is 0. The first kappa shape index (κ1) is 8.53. The Morgan fingerprint density at radius 1 is 1.54 bits per heavy atom. The van der Waals surface area contributed by atoms with Crippen LogP contribution in [0, 0.1) is 0 Å². The Morgan fingerprint density at radius 3 is 3.00 bits per heavy atom. The maximum absolute atomic E-state index is 6.05. The molecule has 0 aliphatic carbocycles. The number of rotatable bonds is 1. The molecule has 0 aliphatic heterocycles. The molecule has 3 nitrogen and oxygen atoms in total. The molecule has 2 N–H and O–H groups in total. The van der Waals surface area contributed by atoms with E-state index in [2.05, 4.69) is 5.10 Å². The van der Waals surface area contributed by atoms with Crippen LogP contribution in [0.3, 0.4) is 0 Å².